The minimum absolute atomic E-state index is 0.174. The highest BCUT2D eigenvalue weighted by Crippen LogP contribution is 2.32. The molecule has 1 heterocycles. The Hall–Kier alpha value is -1.52. The van der Waals surface area contributed by atoms with Crippen LogP contribution < -0.4 is 10.5 Å². The molecule has 0 amide bonds. The van der Waals surface area contributed by atoms with Crippen molar-refractivity contribution in [3.05, 3.63) is 45.7 Å². The third-order valence-electron chi connectivity index (χ3n) is 3.88. The minimum Gasteiger partial charge on any atom is -0.487 e. The summed E-state index contributed by atoms with van der Waals surface area (Å²) in [5.74, 6) is 0.854. The number of ether oxygens (including phenoxy) is 1. The van der Waals surface area contributed by atoms with Crippen molar-refractivity contribution in [3.8, 4) is 5.75 Å². The first-order chi connectivity index (χ1) is 9.56. The van der Waals surface area contributed by atoms with Crippen LogP contribution in [-0.2, 0) is 20.1 Å². The molecule has 0 radical (unpaired) electrons. The molecule has 0 saturated heterocycles. The Balaban J connectivity index is 1.76. The van der Waals surface area contributed by atoms with Gasteiger partial charge in [-0.3, -0.25) is 4.68 Å². The van der Waals surface area contributed by atoms with Crippen molar-refractivity contribution in [3.63, 3.8) is 0 Å². The van der Waals surface area contributed by atoms with Gasteiger partial charge in [0.2, 0.25) is 0 Å². The molecular formula is C15H18ClN3O. The minimum atomic E-state index is 0.174. The highest BCUT2D eigenvalue weighted by Gasteiger charge is 2.19. The van der Waals surface area contributed by atoms with E-state index in [2.05, 4.69) is 17.2 Å². The largest absolute Gasteiger partial charge is 0.487 e. The molecule has 0 unspecified atom stereocenters. The van der Waals surface area contributed by atoms with Crippen molar-refractivity contribution in [2.24, 2.45) is 12.8 Å². The quantitative estimate of drug-likeness (QED) is 0.946. The fourth-order valence-corrected chi connectivity index (χ4v) is 2.92. The van der Waals surface area contributed by atoms with Crippen molar-refractivity contribution in [2.45, 2.75) is 32.4 Å². The first-order valence-corrected chi connectivity index (χ1v) is 7.13. The predicted molar refractivity (Wildman–Crippen MR) is 79.0 cm³/mol. The molecule has 1 aromatic carbocycles. The molecular weight excluding hydrogens is 274 g/mol. The van der Waals surface area contributed by atoms with Crippen LogP contribution in [0.3, 0.4) is 0 Å². The Kier molecular flexibility index (Phi) is 3.44. The monoisotopic (exact) mass is 291 g/mol. The second-order valence-electron chi connectivity index (χ2n) is 5.26. The van der Waals surface area contributed by atoms with Crippen molar-refractivity contribution < 1.29 is 4.74 Å². The van der Waals surface area contributed by atoms with Crippen molar-refractivity contribution in [1.29, 1.82) is 0 Å². The van der Waals surface area contributed by atoms with Gasteiger partial charge in [-0.25, -0.2) is 0 Å². The summed E-state index contributed by atoms with van der Waals surface area (Å²) in [6.07, 6.45) is 2.05. The maximum atomic E-state index is 6.21. The van der Waals surface area contributed by atoms with E-state index in [0.29, 0.717) is 11.6 Å². The molecule has 5 heteroatoms. The zero-order valence-corrected chi connectivity index (χ0v) is 12.4. The molecule has 3 rings (SSSR count). The number of nitrogens with zero attached hydrogens (tertiary/aromatic N) is 2. The second kappa shape index (κ2) is 5.11. The van der Waals surface area contributed by atoms with Gasteiger partial charge in [0, 0.05) is 13.1 Å². The highest BCUT2D eigenvalue weighted by atomic mass is 35.5. The van der Waals surface area contributed by atoms with Gasteiger partial charge in [-0.2, -0.15) is 5.10 Å². The fourth-order valence-electron chi connectivity index (χ4n) is 2.71. The van der Waals surface area contributed by atoms with E-state index >= 15 is 0 Å². The number of aromatic nitrogens is 2. The lowest BCUT2D eigenvalue weighted by atomic mass is 10.1. The summed E-state index contributed by atoms with van der Waals surface area (Å²) >= 11 is 6.21. The van der Waals surface area contributed by atoms with E-state index in [0.717, 1.165) is 30.0 Å². The Labute approximate surface area is 123 Å². The van der Waals surface area contributed by atoms with Crippen LogP contribution in [0.25, 0.3) is 0 Å². The number of benzene rings is 1. The molecule has 0 spiro atoms. The van der Waals surface area contributed by atoms with E-state index in [9.17, 15) is 0 Å². The Bertz CT molecular complexity index is 651. The lowest BCUT2D eigenvalue weighted by Crippen LogP contribution is -2.05. The molecule has 0 aliphatic heterocycles. The van der Waals surface area contributed by atoms with Gasteiger partial charge in [-0.05, 0) is 43.0 Å². The average Bonchev–Trinajstić information content (AvgIpc) is 2.90. The Morgan fingerprint density at radius 3 is 3.00 bits per heavy atom. The molecule has 1 atom stereocenters. The smallest absolute Gasteiger partial charge is 0.131 e. The number of aryl methyl sites for hydroxylation is 3. The fraction of sp³-hybridized carbons (Fsp3) is 0.400. The molecule has 20 heavy (non-hydrogen) atoms. The Morgan fingerprint density at radius 2 is 2.30 bits per heavy atom. The van der Waals surface area contributed by atoms with Crippen LogP contribution in [0.4, 0.5) is 0 Å². The average molecular weight is 292 g/mol. The standard InChI is InChI=1S/C15H18ClN3O/c1-9-15(16)14(19(2)18-9)8-20-11-4-5-12-10(7-11)3-6-13(12)17/h4-5,7,13H,3,6,8,17H2,1-2H3/t13-/m1/s1. The first kappa shape index (κ1) is 13.5. The summed E-state index contributed by atoms with van der Waals surface area (Å²) in [5, 5.41) is 4.96. The van der Waals surface area contributed by atoms with E-state index in [1.165, 1.54) is 11.1 Å². The lowest BCUT2D eigenvalue weighted by molar-refractivity contribution is 0.294. The van der Waals surface area contributed by atoms with Crippen LogP contribution in [0, 0.1) is 6.92 Å². The number of hydrogen-bond donors (Lipinski definition) is 1. The van der Waals surface area contributed by atoms with Crippen LogP contribution in [0.15, 0.2) is 18.2 Å². The van der Waals surface area contributed by atoms with Crippen molar-refractivity contribution in [1.82, 2.24) is 9.78 Å². The van der Waals surface area contributed by atoms with Crippen molar-refractivity contribution in [2.75, 3.05) is 0 Å². The number of halogens is 1. The predicted octanol–water partition coefficient (Wildman–Crippen LogP) is 2.91. The molecule has 0 saturated carbocycles. The van der Waals surface area contributed by atoms with Gasteiger partial charge in [-0.1, -0.05) is 17.7 Å². The van der Waals surface area contributed by atoms with E-state index in [-0.39, 0.29) is 6.04 Å². The SMILES string of the molecule is Cc1nn(C)c(COc2ccc3c(c2)CC[C@H]3N)c1Cl. The number of rotatable bonds is 3. The maximum Gasteiger partial charge on any atom is 0.131 e. The van der Waals surface area contributed by atoms with Gasteiger partial charge in [0.25, 0.3) is 0 Å². The zero-order chi connectivity index (χ0) is 14.3. The molecule has 2 N–H and O–H groups in total. The van der Waals surface area contributed by atoms with Crippen LogP contribution in [0.1, 0.15) is 35.0 Å². The second-order valence-corrected chi connectivity index (χ2v) is 5.64. The first-order valence-electron chi connectivity index (χ1n) is 6.75. The molecule has 0 fully saturated rings. The van der Waals surface area contributed by atoms with Crippen LogP contribution in [-0.4, -0.2) is 9.78 Å². The van der Waals surface area contributed by atoms with Crippen LogP contribution in [0.2, 0.25) is 5.02 Å². The zero-order valence-electron chi connectivity index (χ0n) is 11.7. The highest BCUT2D eigenvalue weighted by molar-refractivity contribution is 6.31. The van der Waals surface area contributed by atoms with Gasteiger partial charge in [0.1, 0.15) is 12.4 Å². The van der Waals surface area contributed by atoms with E-state index in [1.807, 2.05) is 20.0 Å². The lowest BCUT2D eigenvalue weighted by Gasteiger charge is -2.10. The van der Waals surface area contributed by atoms with Gasteiger partial charge in [-0.15, -0.1) is 0 Å². The molecule has 2 aromatic rings. The summed E-state index contributed by atoms with van der Waals surface area (Å²) < 4.78 is 7.61. The van der Waals surface area contributed by atoms with Gasteiger partial charge >= 0.3 is 0 Å². The van der Waals surface area contributed by atoms with E-state index in [1.54, 1.807) is 4.68 Å². The van der Waals surface area contributed by atoms with Crippen molar-refractivity contribution >= 4 is 11.6 Å². The summed E-state index contributed by atoms with van der Waals surface area (Å²) in [6, 6.07) is 6.30. The van der Waals surface area contributed by atoms with Gasteiger partial charge in [0.15, 0.2) is 0 Å². The van der Waals surface area contributed by atoms with Crippen LogP contribution in [0.5, 0.6) is 5.75 Å². The molecule has 1 aliphatic rings. The third-order valence-corrected chi connectivity index (χ3v) is 4.37. The van der Waals surface area contributed by atoms with E-state index in [4.69, 9.17) is 22.1 Å². The molecule has 1 aromatic heterocycles. The number of fused-ring (bicyclic) bond motifs is 1. The molecule has 0 bridgehead atoms. The van der Waals surface area contributed by atoms with E-state index < -0.39 is 0 Å². The van der Waals surface area contributed by atoms with Gasteiger partial charge < -0.3 is 10.5 Å². The van der Waals surface area contributed by atoms with Gasteiger partial charge in [0.05, 0.1) is 16.4 Å². The normalized spacial score (nSPS) is 17.3. The maximum absolute atomic E-state index is 6.21. The summed E-state index contributed by atoms with van der Waals surface area (Å²) in [5.41, 5.74) is 10.3. The summed E-state index contributed by atoms with van der Waals surface area (Å²) in [6.45, 7) is 2.31. The molecule has 4 nitrogen and oxygen atoms in total. The molecule has 106 valence electrons. The Morgan fingerprint density at radius 1 is 1.50 bits per heavy atom. The summed E-state index contributed by atoms with van der Waals surface area (Å²) in [4.78, 5) is 0. The number of nitrogens with two attached hydrogens (primary N) is 1. The summed E-state index contributed by atoms with van der Waals surface area (Å²) in [7, 11) is 1.87. The topological polar surface area (TPSA) is 53.1 Å². The van der Waals surface area contributed by atoms with Crippen LogP contribution >= 0.6 is 11.6 Å². The number of hydrogen-bond acceptors (Lipinski definition) is 3. The third kappa shape index (κ3) is 2.30. The molecule has 1 aliphatic carbocycles.